The van der Waals surface area contributed by atoms with E-state index in [1.807, 2.05) is 60.9 Å². The number of pyridine rings is 1. The molecule has 0 unspecified atom stereocenters. The third kappa shape index (κ3) is 3.26. The zero-order valence-electron chi connectivity index (χ0n) is 16.0. The lowest BCUT2D eigenvalue weighted by molar-refractivity contribution is 0.744. The highest BCUT2D eigenvalue weighted by Gasteiger charge is 2.13. The first-order valence-electron chi connectivity index (χ1n) is 9.26. The van der Waals surface area contributed by atoms with Gasteiger partial charge in [-0.1, -0.05) is 35.9 Å². The van der Waals surface area contributed by atoms with E-state index >= 15 is 0 Å². The summed E-state index contributed by atoms with van der Waals surface area (Å²) in [7, 11) is 0. The van der Waals surface area contributed by atoms with Gasteiger partial charge in [0.2, 0.25) is 0 Å². The summed E-state index contributed by atoms with van der Waals surface area (Å²) in [6.45, 7) is 0.282. The van der Waals surface area contributed by atoms with Crippen LogP contribution in [0.25, 0.3) is 27.6 Å². The monoisotopic (exact) mass is 433 g/mol. The molecule has 3 aromatic heterocycles. The molecule has 0 saturated heterocycles. The Morgan fingerprint density at radius 1 is 1.10 bits per heavy atom. The number of para-hydroxylation sites is 1. The van der Waals surface area contributed by atoms with Gasteiger partial charge in [0.1, 0.15) is 16.9 Å². The summed E-state index contributed by atoms with van der Waals surface area (Å²) >= 11 is 8.09. The van der Waals surface area contributed by atoms with E-state index in [0.717, 1.165) is 27.0 Å². The van der Waals surface area contributed by atoms with E-state index in [-0.39, 0.29) is 12.1 Å². The summed E-state index contributed by atoms with van der Waals surface area (Å²) in [6, 6.07) is 17.6. The lowest BCUT2D eigenvalue weighted by Gasteiger charge is -2.09. The van der Waals surface area contributed by atoms with Crippen molar-refractivity contribution < 1.29 is 0 Å². The first kappa shape index (κ1) is 18.8. The fourth-order valence-corrected chi connectivity index (χ4v) is 4.05. The normalized spacial score (nSPS) is 11.4. The number of halogens is 1. The number of aromatic nitrogens is 5. The first-order chi connectivity index (χ1) is 14.6. The highest BCUT2D eigenvalue weighted by Crippen LogP contribution is 2.25. The second kappa shape index (κ2) is 7.59. The van der Waals surface area contributed by atoms with Crippen molar-refractivity contribution in [1.29, 1.82) is 0 Å². The molecule has 5 aromatic rings. The topological polar surface area (TPSA) is 65.6 Å². The molecule has 0 bridgehead atoms. The van der Waals surface area contributed by atoms with Gasteiger partial charge in [-0.05, 0) is 36.6 Å². The second-order valence-corrected chi connectivity index (χ2v) is 8.04. The number of rotatable bonds is 4. The van der Waals surface area contributed by atoms with Gasteiger partial charge < -0.3 is 0 Å². The molecule has 0 aliphatic carbocycles. The predicted molar refractivity (Wildman–Crippen MR) is 121 cm³/mol. The largest absolute Gasteiger partial charge is 0.294 e. The zero-order valence-corrected chi connectivity index (χ0v) is 17.6. The van der Waals surface area contributed by atoms with E-state index in [2.05, 4.69) is 15.1 Å². The van der Waals surface area contributed by atoms with Gasteiger partial charge in [-0.25, -0.2) is 14.6 Å². The van der Waals surface area contributed by atoms with E-state index in [9.17, 15) is 4.79 Å². The standard InChI is InChI=1S/C22H16ClN5OS/c1-30-17-8-7-14-9-15(20(23)26-19(14)10-17)12-27-13-24-21-18(22(27)29)11-25-28(21)16-5-3-2-4-6-16/h2-11,13H,12H2,1H3. The van der Waals surface area contributed by atoms with Crippen molar-refractivity contribution in [1.82, 2.24) is 24.3 Å². The highest BCUT2D eigenvalue weighted by atomic mass is 35.5. The summed E-state index contributed by atoms with van der Waals surface area (Å²) in [5.74, 6) is 0. The molecular weight excluding hydrogens is 418 g/mol. The zero-order chi connectivity index (χ0) is 20.7. The van der Waals surface area contributed by atoms with Crippen LogP contribution in [0.2, 0.25) is 5.15 Å². The SMILES string of the molecule is CSc1ccc2cc(Cn3cnc4c(cnn4-c4ccccc4)c3=O)c(Cl)nc2c1. The molecule has 0 saturated carbocycles. The minimum absolute atomic E-state index is 0.170. The molecular formula is C22H16ClN5OS. The summed E-state index contributed by atoms with van der Waals surface area (Å²) in [5, 5.41) is 6.16. The number of hydrogen-bond donors (Lipinski definition) is 0. The fourth-order valence-electron chi connectivity index (χ4n) is 3.41. The Morgan fingerprint density at radius 2 is 1.93 bits per heavy atom. The van der Waals surface area contributed by atoms with Gasteiger partial charge in [0.25, 0.3) is 5.56 Å². The third-order valence-corrected chi connectivity index (χ3v) is 6.00. The Kier molecular flexibility index (Phi) is 4.77. The van der Waals surface area contributed by atoms with Crippen LogP contribution < -0.4 is 5.56 Å². The van der Waals surface area contributed by atoms with Crippen molar-refractivity contribution in [2.24, 2.45) is 0 Å². The minimum atomic E-state index is -0.170. The molecule has 148 valence electrons. The van der Waals surface area contributed by atoms with Crippen LogP contribution in [-0.4, -0.2) is 30.6 Å². The number of benzene rings is 2. The van der Waals surface area contributed by atoms with Gasteiger partial charge in [0.05, 0.1) is 23.9 Å². The molecule has 0 radical (unpaired) electrons. The number of fused-ring (bicyclic) bond motifs is 2. The van der Waals surface area contributed by atoms with Crippen LogP contribution in [0.5, 0.6) is 0 Å². The maximum Gasteiger partial charge on any atom is 0.264 e. The van der Waals surface area contributed by atoms with Crippen molar-refractivity contribution in [3.8, 4) is 5.69 Å². The lowest BCUT2D eigenvalue weighted by Crippen LogP contribution is -2.21. The van der Waals surface area contributed by atoms with E-state index in [1.165, 1.54) is 10.9 Å². The molecule has 3 heterocycles. The quantitative estimate of drug-likeness (QED) is 0.307. The number of hydrogen-bond acceptors (Lipinski definition) is 5. The van der Waals surface area contributed by atoms with Crippen LogP contribution in [0.3, 0.4) is 0 Å². The van der Waals surface area contributed by atoms with E-state index in [4.69, 9.17) is 11.6 Å². The molecule has 8 heteroatoms. The number of nitrogens with zero attached hydrogens (tertiary/aromatic N) is 5. The molecule has 0 fully saturated rings. The summed E-state index contributed by atoms with van der Waals surface area (Å²) in [4.78, 5) is 23.2. The molecule has 0 N–H and O–H groups in total. The maximum absolute atomic E-state index is 13.0. The number of thioether (sulfide) groups is 1. The molecule has 0 spiro atoms. The fraction of sp³-hybridized carbons (Fsp3) is 0.0909. The van der Waals surface area contributed by atoms with Crippen LogP contribution in [0, 0.1) is 0 Å². The average Bonchev–Trinajstić information content (AvgIpc) is 3.21. The second-order valence-electron chi connectivity index (χ2n) is 6.80. The Hall–Kier alpha value is -3.16. The van der Waals surface area contributed by atoms with Gasteiger partial charge in [0, 0.05) is 15.8 Å². The summed E-state index contributed by atoms with van der Waals surface area (Å²) in [5.41, 5.74) is 2.80. The van der Waals surface area contributed by atoms with Gasteiger partial charge in [0.15, 0.2) is 5.65 Å². The van der Waals surface area contributed by atoms with Gasteiger partial charge in [-0.2, -0.15) is 5.10 Å². The van der Waals surface area contributed by atoms with Crippen LogP contribution in [0.15, 0.2) is 76.8 Å². The van der Waals surface area contributed by atoms with Crippen LogP contribution in [-0.2, 0) is 6.54 Å². The molecule has 6 nitrogen and oxygen atoms in total. The third-order valence-electron chi connectivity index (χ3n) is 4.95. The van der Waals surface area contributed by atoms with E-state index in [1.54, 1.807) is 22.6 Å². The molecule has 0 aliphatic heterocycles. The summed E-state index contributed by atoms with van der Waals surface area (Å²) < 4.78 is 3.19. The van der Waals surface area contributed by atoms with Gasteiger partial charge in [-0.15, -0.1) is 11.8 Å². The van der Waals surface area contributed by atoms with E-state index < -0.39 is 0 Å². The smallest absolute Gasteiger partial charge is 0.264 e. The van der Waals surface area contributed by atoms with Gasteiger partial charge >= 0.3 is 0 Å². The Bertz CT molecular complexity index is 1450. The molecule has 2 aromatic carbocycles. The van der Waals surface area contributed by atoms with Crippen molar-refractivity contribution in [2.45, 2.75) is 11.4 Å². The van der Waals surface area contributed by atoms with Crippen molar-refractivity contribution in [2.75, 3.05) is 6.26 Å². The Morgan fingerprint density at radius 3 is 2.73 bits per heavy atom. The van der Waals surface area contributed by atoms with E-state index in [0.29, 0.717) is 16.2 Å². The summed E-state index contributed by atoms with van der Waals surface area (Å²) in [6.07, 6.45) is 5.11. The van der Waals surface area contributed by atoms with Gasteiger partial charge in [-0.3, -0.25) is 9.36 Å². The predicted octanol–water partition coefficient (Wildman–Crippen LogP) is 4.55. The lowest BCUT2D eigenvalue weighted by atomic mass is 10.1. The van der Waals surface area contributed by atoms with Crippen molar-refractivity contribution in [3.05, 3.63) is 88.2 Å². The Balaban J connectivity index is 1.55. The molecule has 0 aliphatic rings. The highest BCUT2D eigenvalue weighted by molar-refractivity contribution is 7.98. The van der Waals surface area contributed by atoms with Crippen LogP contribution in [0.1, 0.15) is 5.56 Å². The van der Waals surface area contributed by atoms with Crippen molar-refractivity contribution in [3.63, 3.8) is 0 Å². The molecule has 30 heavy (non-hydrogen) atoms. The molecule has 0 atom stereocenters. The van der Waals surface area contributed by atoms with Crippen molar-refractivity contribution >= 4 is 45.3 Å². The first-order valence-corrected chi connectivity index (χ1v) is 10.9. The Labute approximate surface area is 181 Å². The maximum atomic E-state index is 13.0. The van der Waals surface area contributed by atoms with Crippen LogP contribution >= 0.6 is 23.4 Å². The average molecular weight is 434 g/mol. The molecule has 0 amide bonds. The van der Waals surface area contributed by atoms with Crippen LogP contribution in [0.4, 0.5) is 0 Å². The minimum Gasteiger partial charge on any atom is -0.294 e. The molecule has 5 rings (SSSR count).